The van der Waals surface area contributed by atoms with Crippen LogP contribution in [-0.4, -0.2) is 43.7 Å². The second-order valence-corrected chi connectivity index (χ2v) is 7.77. The van der Waals surface area contributed by atoms with Crippen LogP contribution in [0.15, 0.2) is 65.1 Å². The number of nitrogens with one attached hydrogen (secondary N) is 1. The smallest absolute Gasteiger partial charge is 0.220 e. The maximum absolute atomic E-state index is 13.9. The minimum atomic E-state index is -0.346. The molecule has 1 aromatic heterocycles. The number of hydrogen-bond acceptors (Lipinski definition) is 4. The Kier molecular flexibility index (Phi) is 7.29. The van der Waals surface area contributed by atoms with Crippen molar-refractivity contribution in [2.45, 2.75) is 18.9 Å². The third kappa shape index (κ3) is 5.60. The van der Waals surface area contributed by atoms with Gasteiger partial charge in [0.25, 0.3) is 0 Å². The van der Waals surface area contributed by atoms with E-state index >= 15 is 0 Å². The summed E-state index contributed by atoms with van der Waals surface area (Å²) in [6, 6.07) is 16.2. The second kappa shape index (κ2) is 10.5. The van der Waals surface area contributed by atoms with Gasteiger partial charge in [0.1, 0.15) is 23.2 Å². The molecule has 4 rings (SSSR count). The van der Waals surface area contributed by atoms with Crippen LogP contribution in [0.25, 0.3) is 11.3 Å². The fourth-order valence-corrected chi connectivity index (χ4v) is 3.89. The van der Waals surface area contributed by atoms with Crippen molar-refractivity contribution in [3.05, 3.63) is 83.6 Å². The predicted molar refractivity (Wildman–Crippen MR) is 117 cm³/mol. The van der Waals surface area contributed by atoms with E-state index in [4.69, 9.17) is 9.15 Å². The molecule has 1 aliphatic heterocycles. The number of carbonyl (C=O) groups is 1. The number of rotatable bonds is 8. The number of benzene rings is 2. The van der Waals surface area contributed by atoms with Crippen molar-refractivity contribution >= 4 is 5.91 Å². The Hall–Kier alpha value is -3.03. The number of amides is 1. The van der Waals surface area contributed by atoms with Crippen molar-refractivity contribution in [2.75, 3.05) is 32.8 Å². The zero-order valence-corrected chi connectivity index (χ0v) is 17.7. The Morgan fingerprint density at radius 3 is 2.50 bits per heavy atom. The lowest BCUT2D eigenvalue weighted by Gasteiger charge is -2.35. The van der Waals surface area contributed by atoms with Gasteiger partial charge in [-0.1, -0.05) is 24.3 Å². The highest BCUT2D eigenvalue weighted by molar-refractivity contribution is 5.76. The largest absolute Gasteiger partial charge is 0.461 e. The van der Waals surface area contributed by atoms with Crippen molar-refractivity contribution in [3.63, 3.8) is 0 Å². The minimum absolute atomic E-state index is 0.0558. The molecule has 5 nitrogen and oxygen atoms in total. The standard InChI is InChI=1S/C25H26F2N2O3/c26-19-7-5-18(6-8-19)23(29-13-15-31-16-14-29)17-28-25(30)12-10-20-9-11-24(32-20)21-3-1-2-4-22(21)27/h1-9,11,23H,10,12-17H2,(H,28,30)/t23-/m1/s1. The monoisotopic (exact) mass is 440 g/mol. The van der Waals surface area contributed by atoms with E-state index in [1.54, 1.807) is 42.5 Å². The van der Waals surface area contributed by atoms with E-state index in [0.717, 1.165) is 18.7 Å². The molecule has 1 saturated heterocycles. The third-order valence-electron chi connectivity index (χ3n) is 5.63. The highest BCUT2D eigenvalue weighted by Crippen LogP contribution is 2.25. The molecule has 0 radical (unpaired) electrons. The molecule has 1 atom stereocenters. The zero-order valence-electron chi connectivity index (χ0n) is 17.7. The summed E-state index contributed by atoms with van der Waals surface area (Å²) in [5.41, 5.74) is 1.35. The van der Waals surface area contributed by atoms with Gasteiger partial charge in [-0.25, -0.2) is 8.78 Å². The Balaban J connectivity index is 1.33. The fraction of sp³-hybridized carbons (Fsp3) is 0.320. The first-order valence-corrected chi connectivity index (χ1v) is 10.8. The highest BCUT2D eigenvalue weighted by Gasteiger charge is 2.23. The molecule has 1 fully saturated rings. The van der Waals surface area contributed by atoms with Crippen molar-refractivity contribution in [3.8, 4) is 11.3 Å². The van der Waals surface area contributed by atoms with Crippen molar-refractivity contribution < 1.29 is 22.7 Å². The Labute approximate surface area is 186 Å². The Bertz CT molecular complexity index is 1030. The molecule has 1 amide bonds. The number of morpholine rings is 1. The number of ether oxygens (including phenoxy) is 1. The van der Waals surface area contributed by atoms with Gasteiger partial charge in [0.15, 0.2) is 0 Å². The molecule has 0 unspecified atom stereocenters. The van der Waals surface area contributed by atoms with Gasteiger partial charge in [-0.05, 0) is 42.0 Å². The third-order valence-corrected chi connectivity index (χ3v) is 5.63. The summed E-state index contributed by atoms with van der Waals surface area (Å²) in [7, 11) is 0. The number of hydrogen-bond donors (Lipinski definition) is 1. The molecular weight excluding hydrogens is 414 g/mol. The van der Waals surface area contributed by atoms with Gasteiger partial charge >= 0.3 is 0 Å². The van der Waals surface area contributed by atoms with Crippen LogP contribution < -0.4 is 5.32 Å². The zero-order chi connectivity index (χ0) is 22.3. The number of furan rings is 1. The van der Waals surface area contributed by atoms with E-state index in [9.17, 15) is 13.6 Å². The van der Waals surface area contributed by atoms with Crippen LogP contribution in [0.3, 0.4) is 0 Å². The van der Waals surface area contributed by atoms with Gasteiger partial charge in [-0.15, -0.1) is 0 Å². The Morgan fingerprint density at radius 1 is 1.00 bits per heavy atom. The molecule has 0 aliphatic carbocycles. The number of halogens is 2. The van der Waals surface area contributed by atoms with E-state index < -0.39 is 0 Å². The van der Waals surface area contributed by atoms with Crippen LogP contribution in [0.2, 0.25) is 0 Å². The normalized spacial score (nSPS) is 15.4. The Morgan fingerprint density at radius 2 is 1.75 bits per heavy atom. The molecule has 168 valence electrons. The summed E-state index contributed by atoms with van der Waals surface area (Å²) in [6.45, 7) is 3.19. The lowest BCUT2D eigenvalue weighted by molar-refractivity contribution is -0.121. The first kappa shape index (κ1) is 22.2. The highest BCUT2D eigenvalue weighted by atomic mass is 19.1. The van der Waals surface area contributed by atoms with Crippen LogP contribution in [0.1, 0.15) is 23.8 Å². The van der Waals surface area contributed by atoms with Gasteiger partial charge in [-0.3, -0.25) is 9.69 Å². The minimum Gasteiger partial charge on any atom is -0.461 e. The van der Waals surface area contributed by atoms with E-state index in [2.05, 4.69) is 10.2 Å². The quantitative estimate of drug-likeness (QED) is 0.566. The van der Waals surface area contributed by atoms with Crippen molar-refractivity contribution in [1.29, 1.82) is 0 Å². The van der Waals surface area contributed by atoms with Crippen LogP contribution in [-0.2, 0) is 16.0 Å². The lowest BCUT2D eigenvalue weighted by atomic mass is 10.0. The molecule has 2 heterocycles. The van der Waals surface area contributed by atoms with Crippen LogP contribution in [0.5, 0.6) is 0 Å². The van der Waals surface area contributed by atoms with Crippen molar-refractivity contribution in [1.82, 2.24) is 10.2 Å². The van der Waals surface area contributed by atoms with Gasteiger partial charge in [-0.2, -0.15) is 0 Å². The van der Waals surface area contributed by atoms with E-state index in [-0.39, 0.29) is 30.0 Å². The summed E-state index contributed by atoms with van der Waals surface area (Å²) < 4.78 is 38.5. The average molecular weight is 440 g/mol. The molecule has 0 spiro atoms. The van der Waals surface area contributed by atoms with E-state index in [1.165, 1.54) is 18.2 Å². The molecule has 1 N–H and O–H groups in total. The van der Waals surface area contributed by atoms with Gasteiger partial charge in [0, 0.05) is 32.5 Å². The second-order valence-electron chi connectivity index (χ2n) is 7.77. The first-order chi connectivity index (χ1) is 15.6. The van der Waals surface area contributed by atoms with Crippen LogP contribution >= 0.6 is 0 Å². The van der Waals surface area contributed by atoms with Crippen molar-refractivity contribution in [2.24, 2.45) is 0 Å². The first-order valence-electron chi connectivity index (χ1n) is 10.8. The SMILES string of the molecule is O=C(CCc1ccc(-c2ccccc2F)o1)NC[C@H](c1ccc(F)cc1)N1CCOCC1. The topological polar surface area (TPSA) is 54.7 Å². The van der Waals surface area contributed by atoms with Crippen LogP contribution in [0, 0.1) is 11.6 Å². The number of nitrogens with zero attached hydrogens (tertiary/aromatic N) is 1. The summed E-state index contributed by atoms with van der Waals surface area (Å²) >= 11 is 0. The lowest BCUT2D eigenvalue weighted by Crippen LogP contribution is -2.43. The van der Waals surface area contributed by atoms with Gasteiger partial charge < -0.3 is 14.5 Å². The molecule has 1 aliphatic rings. The average Bonchev–Trinajstić information content (AvgIpc) is 3.29. The fourth-order valence-electron chi connectivity index (χ4n) is 3.89. The van der Waals surface area contributed by atoms with Gasteiger partial charge in [0.2, 0.25) is 5.91 Å². The molecule has 7 heteroatoms. The molecular formula is C25H26F2N2O3. The van der Waals surface area contributed by atoms with E-state index in [1.807, 2.05) is 0 Å². The maximum Gasteiger partial charge on any atom is 0.220 e. The molecule has 2 aromatic carbocycles. The summed E-state index contributed by atoms with van der Waals surface area (Å²) in [6.07, 6.45) is 0.669. The maximum atomic E-state index is 13.9. The summed E-state index contributed by atoms with van der Waals surface area (Å²) in [4.78, 5) is 14.7. The van der Waals surface area contributed by atoms with Gasteiger partial charge in [0.05, 0.1) is 24.8 Å². The number of aryl methyl sites for hydroxylation is 1. The number of carbonyl (C=O) groups excluding carboxylic acids is 1. The predicted octanol–water partition coefficient (Wildman–Crippen LogP) is 4.35. The van der Waals surface area contributed by atoms with Crippen LogP contribution in [0.4, 0.5) is 8.78 Å². The molecule has 3 aromatic rings. The molecule has 0 saturated carbocycles. The molecule has 0 bridgehead atoms. The van der Waals surface area contributed by atoms with E-state index in [0.29, 0.717) is 43.3 Å². The summed E-state index contributed by atoms with van der Waals surface area (Å²) in [5.74, 6) is 0.339. The molecule has 32 heavy (non-hydrogen) atoms. The summed E-state index contributed by atoms with van der Waals surface area (Å²) in [5, 5.41) is 2.99.